The van der Waals surface area contributed by atoms with Crippen LogP contribution in [0.3, 0.4) is 0 Å². The molecule has 8 nitrogen and oxygen atoms in total. The van der Waals surface area contributed by atoms with E-state index in [1.807, 2.05) is 0 Å². The fraction of sp³-hybridized carbons (Fsp3) is 0. The Bertz CT molecular complexity index is 1560. The van der Waals surface area contributed by atoms with Gasteiger partial charge in [-0.05, 0) is 107 Å². The monoisotopic (exact) mass is 558 g/mol. The Kier molecular flexibility index (Phi) is 10.5. The molecule has 0 bridgehead atoms. The molecule has 4 N–H and O–H groups in total. The Hall–Kier alpha value is -6.38. The predicted molar refractivity (Wildman–Crippen MR) is 158 cm³/mol. The second-order valence-corrected chi connectivity index (χ2v) is 8.54. The molecule has 0 fully saturated rings. The molecule has 0 unspecified atom stereocenters. The summed E-state index contributed by atoms with van der Waals surface area (Å²) in [5, 5.41) is 35.6. The number of rotatable bonds is 8. The summed E-state index contributed by atoms with van der Waals surface area (Å²) in [5.74, 6) is 7.58. The molecule has 0 saturated heterocycles. The molecule has 0 aliphatic heterocycles. The van der Waals surface area contributed by atoms with Gasteiger partial charge in [0.05, 0.1) is 0 Å². The number of carboxylic acids is 4. The summed E-state index contributed by atoms with van der Waals surface area (Å²) in [5.41, 5.74) is 4.65. The zero-order chi connectivity index (χ0) is 30.5. The first-order valence-corrected chi connectivity index (χ1v) is 12.1. The van der Waals surface area contributed by atoms with E-state index in [9.17, 15) is 19.2 Å². The molecular formula is C34H22O8. The van der Waals surface area contributed by atoms with Gasteiger partial charge in [0.15, 0.2) is 0 Å². The van der Waals surface area contributed by atoms with E-state index in [1.165, 1.54) is 24.3 Å². The summed E-state index contributed by atoms with van der Waals surface area (Å²) < 4.78 is 0. The Morgan fingerprint density at radius 2 is 0.643 bits per heavy atom. The van der Waals surface area contributed by atoms with E-state index >= 15 is 0 Å². The first kappa shape index (κ1) is 30.2. The molecule has 3 rings (SSSR count). The summed E-state index contributed by atoms with van der Waals surface area (Å²) >= 11 is 0. The lowest BCUT2D eigenvalue weighted by molar-refractivity contribution is -0.132. The third-order valence-electron chi connectivity index (χ3n) is 5.22. The molecular weight excluding hydrogens is 536 g/mol. The van der Waals surface area contributed by atoms with Crippen LogP contribution in [0, 0.1) is 23.7 Å². The van der Waals surface area contributed by atoms with Gasteiger partial charge in [-0.1, -0.05) is 23.7 Å². The Labute approximate surface area is 240 Å². The van der Waals surface area contributed by atoms with Gasteiger partial charge in [0.25, 0.3) is 0 Å². The number of aliphatic carboxylic acids is 4. The van der Waals surface area contributed by atoms with E-state index in [0.29, 0.717) is 44.5 Å². The molecule has 8 heteroatoms. The van der Waals surface area contributed by atoms with Crippen LogP contribution in [0.2, 0.25) is 0 Å². The molecule has 42 heavy (non-hydrogen) atoms. The summed E-state index contributed by atoms with van der Waals surface area (Å²) in [6.45, 7) is 0. The maximum Gasteiger partial charge on any atom is 0.328 e. The van der Waals surface area contributed by atoms with E-state index in [2.05, 4.69) is 23.7 Å². The van der Waals surface area contributed by atoms with Crippen molar-refractivity contribution in [3.63, 3.8) is 0 Å². The molecule has 0 aromatic heterocycles. The van der Waals surface area contributed by atoms with Gasteiger partial charge in [-0.3, -0.25) is 0 Å². The lowest BCUT2D eigenvalue weighted by Gasteiger charge is -2.00. The second-order valence-electron chi connectivity index (χ2n) is 8.54. The van der Waals surface area contributed by atoms with Gasteiger partial charge >= 0.3 is 23.9 Å². The van der Waals surface area contributed by atoms with E-state index in [4.69, 9.17) is 20.4 Å². The average molecular weight is 559 g/mol. The van der Waals surface area contributed by atoms with Crippen molar-refractivity contribution in [3.8, 4) is 23.7 Å². The fourth-order valence-electron chi connectivity index (χ4n) is 3.48. The molecule has 0 amide bonds. The fourth-order valence-corrected chi connectivity index (χ4v) is 3.48. The summed E-state index contributed by atoms with van der Waals surface area (Å²) in [6, 6.07) is 17.1. The van der Waals surface area contributed by atoms with Crippen LogP contribution in [0.25, 0.3) is 24.3 Å². The number of hydrogen-bond acceptors (Lipinski definition) is 4. The molecule has 3 aromatic rings. The zero-order valence-electron chi connectivity index (χ0n) is 21.8. The Morgan fingerprint density at radius 3 is 0.881 bits per heavy atom. The maximum atomic E-state index is 10.9. The quantitative estimate of drug-likeness (QED) is 0.226. The number of hydrogen-bond donors (Lipinski definition) is 4. The van der Waals surface area contributed by atoms with Crippen molar-refractivity contribution in [1.29, 1.82) is 0 Å². The van der Waals surface area contributed by atoms with E-state index < -0.39 is 23.9 Å². The van der Waals surface area contributed by atoms with Crippen LogP contribution in [0.4, 0.5) is 0 Å². The minimum Gasteiger partial charge on any atom is -0.478 e. The zero-order valence-corrected chi connectivity index (χ0v) is 21.8. The largest absolute Gasteiger partial charge is 0.478 e. The third-order valence-corrected chi connectivity index (χ3v) is 5.22. The molecule has 0 spiro atoms. The van der Waals surface area contributed by atoms with Crippen LogP contribution in [0.15, 0.2) is 85.0 Å². The molecule has 0 heterocycles. The van der Waals surface area contributed by atoms with Crippen LogP contribution in [0.5, 0.6) is 0 Å². The van der Waals surface area contributed by atoms with Crippen molar-refractivity contribution in [2.45, 2.75) is 0 Å². The van der Waals surface area contributed by atoms with Crippen molar-refractivity contribution >= 4 is 48.2 Å². The highest BCUT2D eigenvalue weighted by Crippen LogP contribution is 2.15. The number of carboxylic acid groups (broad SMARTS) is 4. The van der Waals surface area contributed by atoms with Gasteiger partial charge in [-0.25, -0.2) is 19.2 Å². The molecule has 206 valence electrons. The lowest BCUT2D eigenvalue weighted by atomic mass is 10.0. The standard InChI is InChI=1S/C34H22O8/c35-31(36)13-9-27-17-25(18-28(21-27)10-14-32(37)38)7-5-23-1-2-24(4-3-23)6-8-26-19-29(11-15-33(39)40)22-30(20-26)12-16-34(41)42/h1-4,9-22H,(H,35,36)(H,37,38)(H,39,40)(H,41,42)/b13-9+,14-10+,15-11+,16-12+. The van der Waals surface area contributed by atoms with Crippen LogP contribution < -0.4 is 0 Å². The molecule has 3 aromatic carbocycles. The summed E-state index contributed by atoms with van der Waals surface area (Å²) in [6.07, 6.45) is 9.48. The summed E-state index contributed by atoms with van der Waals surface area (Å²) in [7, 11) is 0. The van der Waals surface area contributed by atoms with E-state index in [-0.39, 0.29) is 0 Å². The Morgan fingerprint density at radius 1 is 0.405 bits per heavy atom. The predicted octanol–water partition coefficient (Wildman–Crippen LogP) is 4.88. The Balaban J connectivity index is 1.87. The van der Waals surface area contributed by atoms with Gasteiger partial charge < -0.3 is 20.4 Å². The lowest BCUT2D eigenvalue weighted by Crippen LogP contribution is -1.89. The smallest absolute Gasteiger partial charge is 0.328 e. The van der Waals surface area contributed by atoms with Crippen LogP contribution in [-0.4, -0.2) is 44.3 Å². The molecule has 0 aliphatic carbocycles. The topological polar surface area (TPSA) is 149 Å². The van der Waals surface area contributed by atoms with Crippen molar-refractivity contribution in [1.82, 2.24) is 0 Å². The minimum atomic E-state index is -1.12. The normalized spacial score (nSPS) is 10.9. The van der Waals surface area contributed by atoms with Crippen LogP contribution in [-0.2, 0) is 19.2 Å². The maximum absolute atomic E-state index is 10.9. The highest BCUT2D eigenvalue weighted by molar-refractivity contribution is 5.88. The molecule has 0 atom stereocenters. The van der Waals surface area contributed by atoms with Gasteiger partial charge in [0, 0.05) is 46.6 Å². The minimum absolute atomic E-state index is 0.545. The molecule has 0 aliphatic rings. The first-order valence-electron chi connectivity index (χ1n) is 12.1. The van der Waals surface area contributed by atoms with Crippen molar-refractivity contribution < 1.29 is 39.6 Å². The molecule has 0 radical (unpaired) electrons. The summed E-state index contributed by atoms with van der Waals surface area (Å²) in [4.78, 5) is 43.6. The molecule has 0 saturated carbocycles. The number of carbonyl (C=O) groups is 4. The average Bonchev–Trinajstić information content (AvgIpc) is 2.95. The highest BCUT2D eigenvalue weighted by Gasteiger charge is 2.00. The third kappa shape index (κ3) is 10.8. The van der Waals surface area contributed by atoms with Gasteiger partial charge in [0.1, 0.15) is 0 Å². The van der Waals surface area contributed by atoms with E-state index in [1.54, 1.807) is 60.7 Å². The first-order chi connectivity index (χ1) is 20.0. The SMILES string of the molecule is O=C(O)/C=C/c1cc(C#Cc2ccc(C#Cc3cc(/C=C/C(=O)O)cc(/C=C/C(=O)O)c3)cc2)cc(/C=C/C(=O)O)c1. The van der Waals surface area contributed by atoms with Crippen molar-refractivity contribution in [2.75, 3.05) is 0 Å². The van der Waals surface area contributed by atoms with Crippen molar-refractivity contribution in [2.24, 2.45) is 0 Å². The van der Waals surface area contributed by atoms with Crippen LogP contribution in [0.1, 0.15) is 44.5 Å². The van der Waals surface area contributed by atoms with Crippen LogP contribution >= 0.6 is 0 Å². The van der Waals surface area contributed by atoms with Crippen molar-refractivity contribution in [3.05, 3.63) is 129 Å². The second kappa shape index (κ2) is 14.7. The van der Waals surface area contributed by atoms with Gasteiger partial charge in [0.2, 0.25) is 0 Å². The highest BCUT2D eigenvalue weighted by atomic mass is 16.4. The number of benzene rings is 3. The van der Waals surface area contributed by atoms with Gasteiger partial charge in [-0.2, -0.15) is 0 Å². The van der Waals surface area contributed by atoms with Gasteiger partial charge in [-0.15, -0.1) is 0 Å². The van der Waals surface area contributed by atoms with E-state index in [0.717, 1.165) is 24.3 Å².